The zero-order chi connectivity index (χ0) is 21.9. The minimum absolute atomic E-state index is 0.0527. The number of amides is 1. The first-order valence-corrected chi connectivity index (χ1v) is 11.7. The summed E-state index contributed by atoms with van der Waals surface area (Å²) in [6.45, 7) is 5.44. The number of hydrogen-bond acceptors (Lipinski definition) is 4. The Morgan fingerprint density at radius 3 is 2.40 bits per heavy atom. The fraction of sp³-hybridized carbons (Fsp3) is 0.435. The molecule has 2 aromatic carbocycles. The maximum Gasteiger partial charge on any atom is 0.268 e. The summed E-state index contributed by atoms with van der Waals surface area (Å²) in [5, 5.41) is 2.99. The molecule has 0 saturated heterocycles. The molecule has 7 heteroatoms. The highest BCUT2D eigenvalue weighted by Gasteiger charge is 2.31. The van der Waals surface area contributed by atoms with E-state index in [1.807, 2.05) is 26.8 Å². The summed E-state index contributed by atoms with van der Waals surface area (Å²) in [7, 11) is -2.59. The SMILES string of the molecule is COc1ccc(C)cc1S(=O)(=O)N(CC(=O)NC1CCCC1)c1ccc(C)c(C)c1. The predicted octanol–water partition coefficient (Wildman–Crippen LogP) is 3.87. The molecule has 0 heterocycles. The first-order chi connectivity index (χ1) is 14.2. The van der Waals surface area contributed by atoms with Gasteiger partial charge in [0.2, 0.25) is 5.91 Å². The van der Waals surface area contributed by atoms with Crippen molar-refractivity contribution >= 4 is 21.6 Å². The van der Waals surface area contributed by atoms with Gasteiger partial charge in [0.25, 0.3) is 10.0 Å². The van der Waals surface area contributed by atoms with E-state index in [-0.39, 0.29) is 29.1 Å². The van der Waals surface area contributed by atoms with E-state index in [0.717, 1.165) is 42.4 Å². The van der Waals surface area contributed by atoms with E-state index in [0.29, 0.717) is 5.69 Å². The van der Waals surface area contributed by atoms with Crippen molar-refractivity contribution < 1.29 is 17.9 Å². The molecule has 6 nitrogen and oxygen atoms in total. The third kappa shape index (κ3) is 4.78. The zero-order valence-electron chi connectivity index (χ0n) is 18.1. The Bertz CT molecular complexity index is 1030. The molecule has 0 aromatic heterocycles. The van der Waals surface area contributed by atoms with Crippen molar-refractivity contribution in [2.75, 3.05) is 18.0 Å². The second-order valence-corrected chi connectivity index (χ2v) is 9.81. The van der Waals surface area contributed by atoms with Gasteiger partial charge in [0.1, 0.15) is 17.2 Å². The van der Waals surface area contributed by atoms with Gasteiger partial charge in [-0.25, -0.2) is 8.42 Å². The lowest BCUT2D eigenvalue weighted by Gasteiger charge is -2.26. The Labute approximate surface area is 179 Å². The Morgan fingerprint density at radius 1 is 1.07 bits per heavy atom. The number of hydrogen-bond donors (Lipinski definition) is 1. The molecular formula is C23H30N2O4S. The minimum atomic E-state index is -4.03. The highest BCUT2D eigenvalue weighted by Crippen LogP contribution is 2.31. The summed E-state index contributed by atoms with van der Waals surface area (Å²) in [5.41, 5.74) is 3.27. The maximum absolute atomic E-state index is 13.7. The second kappa shape index (κ2) is 9.08. The molecule has 0 spiro atoms. The van der Waals surface area contributed by atoms with Crippen LogP contribution in [0.3, 0.4) is 0 Å². The molecule has 1 fully saturated rings. The minimum Gasteiger partial charge on any atom is -0.495 e. The number of rotatable bonds is 7. The predicted molar refractivity (Wildman–Crippen MR) is 119 cm³/mol. The average molecular weight is 431 g/mol. The molecule has 0 bridgehead atoms. The zero-order valence-corrected chi connectivity index (χ0v) is 18.9. The number of carbonyl (C=O) groups is 1. The van der Waals surface area contributed by atoms with Gasteiger partial charge in [-0.15, -0.1) is 0 Å². The Hall–Kier alpha value is -2.54. The molecule has 162 valence electrons. The molecule has 0 radical (unpaired) electrons. The number of ether oxygens (including phenoxy) is 1. The molecule has 0 aliphatic heterocycles. The van der Waals surface area contributed by atoms with Crippen LogP contribution in [0, 0.1) is 20.8 Å². The maximum atomic E-state index is 13.7. The number of sulfonamides is 1. The lowest BCUT2D eigenvalue weighted by molar-refractivity contribution is -0.120. The van der Waals surface area contributed by atoms with E-state index >= 15 is 0 Å². The molecule has 2 aromatic rings. The van der Waals surface area contributed by atoms with Crippen LogP contribution in [0.25, 0.3) is 0 Å². The van der Waals surface area contributed by atoms with Crippen LogP contribution in [-0.2, 0) is 14.8 Å². The van der Waals surface area contributed by atoms with Crippen molar-refractivity contribution in [1.82, 2.24) is 5.32 Å². The average Bonchev–Trinajstić information content (AvgIpc) is 3.21. The van der Waals surface area contributed by atoms with Gasteiger partial charge in [-0.1, -0.05) is 25.0 Å². The molecule has 0 unspecified atom stereocenters. The first-order valence-electron chi connectivity index (χ1n) is 10.3. The van der Waals surface area contributed by atoms with Crippen LogP contribution in [0.1, 0.15) is 42.4 Å². The summed E-state index contributed by atoms with van der Waals surface area (Å²) < 4.78 is 33.9. The molecule has 3 rings (SSSR count). The monoisotopic (exact) mass is 430 g/mol. The number of aryl methyl sites for hydroxylation is 3. The van der Waals surface area contributed by atoms with Crippen molar-refractivity contribution in [2.45, 2.75) is 57.4 Å². The summed E-state index contributed by atoms with van der Waals surface area (Å²) in [4.78, 5) is 12.8. The van der Waals surface area contributed by atoms with E-state index < -0.39 is 10.0 Å². The fourth-order valence-corrected chi connectivity index (χ4v) is 5.43. The summed E-state index contributed by atoms with van der Waals surface area (Å²) >= 11 is 0. The topological polar surface area (TPSA) is 75.7 Å². The highest BCUT2D eigenvalue weighted by atomic mass is 32.2. The molecule has 1 amide bonds. The van der Waals surface area contributed by atoms with Crippen LogP contribution in [0.4, 0.5) is 5.69 Å². The van der Waals surface area contributed by atoms with E-state index in [1.54, 1.807) is 30.3 Å². The highest BCUT2D eigenvalue weighted by molar-refractivity contribution is 7.93. The molecule has 0 atom stereocenters. The van der Waals surface area contributed by atoms with Crippen molar-refractivity contribution in [2.24, 2.45) is 0 Å². The number of benzene rings is 2. The molecule has 1 aliphatic rings. The molecule has 1 N–H and O–H groups in total. The third-order valence-corrected chi connectivity index (χ3v) is 7.47. The second-order valence-electron chi connectivity index (χ2n) is 7.98. The van der Waals surface area contributed by atoms with Crippen molar-refractivity contribution in [3.63, 3.8) is 0 Å². The first kappa shape index (κ1) is 22.2. The van der Waals surface area contributed by atoms with Gasteiger partial charge < -0.3 is 10.1 Å². The number of nitrogens with zero attached hydrogens (tertiary/aromatic N) is 1. The van der Waals surface area contributed by atoms with Crippen LogP contribution in [-0.4, -0.2) is 34.0 Å². The van der Waals surface area contributed by atoms with Gasteiger partial charge in [0.05, 0.1) is 12.8 Å². The van der Waals surface area contributed by atoms with Gasteiger partial charge >= 0.3 is 0 Å². The number of nitrogens with one attached hydrogen (secondary N) is 1. The Balaban J connectivity index is 2.02. The van der Waals surface area contributed by atoms with Crippen molar-refractivity contribution in [1.29, 1.82) is 0 Å². The van der Waals surface area contributed by atoms with Crippen molar-refractivity contribution in [3.8, 4) is 5.75 Å². The van der Waals surface area contributed by atoms with Crippen LogP contribution in [0.2, 0.25) is 0 Å². The number of anilines is 1. The van der Waals surface area contributed by atoms with Crippen LogP contribution in [0.5, 0.6) is 5.75 Å². The lowest BCUT2D eigenvalue weighted by Crippen LogP contribution is -2.43. The standard InChI is InChI=1S/C23H30N2O4S/c1-16-9-12-21(29-4)22(13-16)30(27,28)25(20-11-10-17(2)18(3)14-20)15-23(26)24-19-7-5-6-8-19/h9-14,19H,5-8,15H2,1-4H3,(H,24,26). The van der Waals surface area contributed by atoms with Gasteiger partial charge in [0, 0.05) is 6.04 Å². The number of methoxy groups -OCH3 is 1. The van der Waals surface area contributed by atoms with E-state index in [4.69, 9.17) is 4.74 Å². The van der Waals surface area contributed by atoms with E-state index in [1.165, 1.54) is 11.4 Å². The number of carbonyl (C=O) groups excluding carboxylic acids is 1. The van der Waals surface area contributed by atoms with E-state index in [9.17, 15) is 13.2 Å². The normalized spacial score (nSPS) is 14.5. The Morgan fingerprint density at radius 2 is 1.77 bits per heavy atom. The van der Waals surface area contributed by atoms with Crippen LogP contribution >= 0.6 is 0 Å². The van der Waals surface area contributed by atoms with Gasteiger partial charge in [-0.3, -0.25) is 9.10 Å². The molecule has 1 aliphatic carbocycles. The smallest absolute Gasteiger partial charge is 0.268 e. The van der Waals surface area contributed by atoms with Gasteiger partial charge in [0.15, 0.2) is 0 Å². The third-order valence-electron chi connectivity index (χ3n) is 5.67. The van der Waals surface area contributed by atoms with Crippen molar-refractivity contribution in [3.05, 3.63) is 53.1 Å². The fourth-order valence-electron chi connectivity index (χ4n) is 3.77. The molecule has 30 heavy (non-hydrogen) atoms. The summed E-state index contributed by atoms with van der Waals surface area (Å²) in [5.74, 6) is -0.0408. The van der Waals surface area contributed by atoms with Gasteiger partial charge in [-0.05, 0) is 74.6 Å². The molecular weight excluding hydrogens is 400 g/mol. The largest absolute Gasteiger partial charge is 0.495 e. The summed E-state index contributed by atoms with van der Waals surface area (Å²) in [6.07, 6.45) is 4.05. The quantitative estimate of drug-likeness (QED) is 0.723. The lowest BCUT2D eigenvalue weighted by atomic mass is 10.1. The van der Waals surface area contributed by atoms with E-state index in [2.05, 4.69) is 5.32 Å². The van der Waals surface area contributed by atoms with Crippen LogP contribution < -0.4 is 14.4 Å². The summed E-state index contributed by atoms with van der Waals surface area (Å²) in [6, 6.07) is 10.6. The van der Waals surface area contributed by atoms with Gasteiger partial charge in [-0.2, -0.15) is 0 Å². The molecule has 1 saturated carbocycles. The van der Waals surface area contributed by atoms with Crippen LogP contribution in [0.15, 0.2) is 41.3 Å². The Kier molecular flexibility index (Phi) is 6.71.